The lowest BCUT2D eigenvalue weighted by Gasteiger charge is -2.24. The van der Waals surface area contributed by atoms with Gasteiger partial charge in [-0.05, 0) is 55.3 Å². The van der Waals surface area contributed by atoms with Crippen molar-refractivity contribution in [1.82, 2.24) is 0 Å². The van der Waals surface area contributed by atoms with Gasteiger partial charge in [0.2, 0.25) is 0 Å². The highest BCUT2D eigenvalue weighted by Gasteiger charge is 2.25. The summed E-state index contributed by atoms with van der Waals surface area (Å²) >= 11 is 0. The van der Waals surface area contributed by atoms with Gasteiger partial charge in [-0.2, -0.15) is 0 Å². The van der Waals surface area contributed by atoms with Gasteiger partial charge < -0.3 is 9.15 Å². The Balaban J connectivity index is 1.59. The largest absolute Gasteiger partial charge is 0.457 e. The average molecular weight is 506 g/mol. The molecule has 8 heteroatoms. The summed E-state index contributed by atoms with van der Waals surface area (Å²) in [5.41, 5.74) is 1.97. The van der Waals surface area contributed by atoms with E-state index >= 15 is 0 Å². The average Bonchev–Trinajstić information content (AvgIpc) is 2.87. The fourth-order valence-electron chi connectivity index (χ4n) is 3.88. The minimum Gasteiger partial charge on any atom is -0.457 e. The lowest BCUT2D eigenvalue weighted by Crippen LogP contribution is -2.32. The van der Waals surface area contributed by atoms with Crippen molar-refractivity contribution in [2.45, 2.75) is 38.2 Å². The molecule has 0 N–H and O–H groups in total. The molecule has 0 fully saturated rings. The molecule has 0 bridgehead atoms. The second-order valence-electron chi connectivity index (χ2n) is 8.46. The van der Waals surface area contributed by atoms with Crippen LogP contribution in [0.5, 0.6) is 0 Å². The molecule has 186 valence electrons. The molecule has 0 aliphatic carbocycles. The number of benzene rings is 3. The van der Waals surface area contributed by atoms with Gasteiger partial charge in [0.15, 0.2) is 0 Å². The number of aryl methyl sites for hydroxylation is 1. The van der Waals surface area contributed by atoms with E-state index in [9.17, 15) is 18.0 Å². The van der Waals surface area contributed by atoms with Gasteiger partial charge in [-0.1, -0.05) is 49.7 Å². The minimum atomic E-state index is -3.92. The number of rotatable bonds is 9. The molecule has 3 aromatic carbocycles. The maximum absolute atomic E-state index is 13.5. The fraction of sp³-hybridized carbons (Fsp3) is 0.214. The molecule has 4 aromatic rings. The van der Waals surface area contributed by atoms with E-state index in [4.69, 9.17) is 9.15 Å². The van der Waals surface area contributed by atoms with Crippen LogP contribution in [-0.4, -0.2) is 20.9 Å². The summed E-state index contributed by atoms with van der Waals surface area (Å²) in [6.45, 7) is 4.04. The first-order valence-electron chi connectivity index (χ1n) is 11.7. The van der Waals surface area contributed by atoms with Crippen LogP contribution in [-0.2, 0) is 21.4 Å². The third-order valence-corrected chi connectivity index (χ3v) is 7.58. The van der Waals surface area contributed by atoms with Gasteiger partial charge in [-0.15, -0.1) is 0 Å². The maximum atomic E-state index is 13.5. The van der Waals surface area contributed by atoms with Crippen LogP contribution in [0.4, 0.5) is 5.69 Å². The number of esters is 1. The smallest absolute Gasteiger partial charge is 0.338 e. The molecule has 7 nitrogen and oxygen atoms in total. The number of hydrogen-bond donors (Lipinski definition) is 0. The molecule has 0 atom stereocenters. The first kappa shape index (κ1) is 25.2. The fourth-order valence-corrected chi connectivity index (χ4v) is 5.43. The number of sulfonamides is 1. The van der Waals surface area contributed by atoms with E-state index in [0.717, 1.165) is 12.0 Å². The van der Waals surface area contributed by atoms with Crippen molar-refractivity contribution in [3.8, 4) is 0 Å². The molecule has 4 rings (SSSR count). The van der Waals surface area contributed by atoms with Gasteiger partial charge in [0.1, 0.15) is 12.2 Å². The molecule has 0 aliphatic rings. The molecule has 0 saturated heterocycles. The Bertz CT molecular complexity index is 1540. The summed E-state index contributed by atoms with van der Waals surface area (Å²) in [7, 11) is -3.92. The molecule has 1 aromatic heterocycles. The van der Waals surface area contributed by atoms with Crippen molar-refractivity contribution in [3.63, 3.8) is 0 Å². The lowest BCUT2D eigenvalue weighted by atomic mass is 10.1. The second kappa shape index (κ2) is 10.8. The summed E-state index contributed by atoms with van der Waals surface area (Å²) in [6.07, 6.45) is 1.52. The zero-order chi connectivity index (χ0) is 25.7. The molecule has 0 radical (unpaired) electrons. The van der Waals surface area contributed by atoms with Crippen LogP contribution in [0.1, 0.15) is 41.3 Å². The van der Waals surface area contributed by atoms with E-state index in [1.807, 2.05) is 26.0 Å². The molecule has 0 saturated carbocycles. The molecule has 0 spiro atoms. The Hall–Kier alpha value is -3.91. The molecule has 0 unspecified atom stereocenters. The number of nitrogens with zero attached hydrogens (tertiary/aromatic N) is 1. The SMILES string of the molecule is CCCCN(c1ccccc1)S(=O)(=O)c1cccc(C(=O)OCc2cc(=O)oc3cc(C)ccc23)c1. The number of carbonyl (C=O) groups is 1. The van der Waals surface area contributed by atoms with E-state index < -0.39 is 21.6 Å². The summed E-state index contributed by atoms with van der Waals surface area (Å²) in [5, 5.41) is 0.666. The summed E-state index contributed by atoms with van der Waals surface area (Å²) in [4.78, 5) is 24.8. The van der Waals surface area contributed by atoms with Gasteiger partial charge in [0.25, 0.3) is 10.0 Å². The normalized spacial score (nSPS) is 11.4. The van der Waals surface area contributed by atoms with Crippen LogP contribution >= 0.6 is 0 Å². The van der Waals surface area contributed by atoms with Crippen LogP contribution in [0.2, 0.25) is 0 Å². The molecular formula is C28H27NO6S. The van der Waals surface area contributed by atoms with E-state index in [0.29, 0.717) is 35.2 Å². The van der Waals surface area contributed by atoms with Crippen molar-refractivity contribution in [3.05, 3.63) is 106 Å². The number of anilines is 1. The molecule has 0 amide bonds. The predicted molar refractivity (Wildman–Crippen MR) is 139 cm³/mol. The summed E-state index contributed by atoms with van der Waals surface area (Å²) < 4.78 is 39.1. The van der Waals surface area contributed by atoms with Crippen LogP contribution in [0, 0.1) is 6.92 Å². The highest BCUT2D eigenvalue weighted by molar-refractivity contribution is 7.92. The summed E-state index contributed by atoms with van der Waals surface area (Å²) in [5.74, 6) is -0.694. The van der Waals surface area contributed by atoms with Gasteiger partial charge in [0, 0.05) is 23.6 Å². The zero-order valence-electron chi connectivity index (χ0n) is 20.1. The monoisotopic (exact) mass is 505 g/mol. The lowest BCUT2D eigenvalue weighted by molar-refractivity contribution is 0.0473. The van der Waals surface area contributed by atoms with E-state index in [2.05, 4.69) is 0 Å². The number of carbonyl (C=O) groups excluding carboxylic acids is 1. The van der Waals surface area contributed by atoms with E-state index in [-0.39, 0.29) is 17.1 Å². The third kappa shape index (κ3) is 5.49. The standard InChI is InChI=1S/C28H27NO6S/c1-3-4-15-29(23-10-6-5-7-11-23)36(32,33)24-12-8-9-21(17-24)28(31)34-19-22-18-27(30)35-26-16-20(2)13-14-25(22)26/h5-14,16-18H,3-4,15,19H2,1-2H3. The number of ether oxygens (including phenoxy) is 1. The molecule has 0 aliphatic heterocycles. The molecule has 1 heterocycles. The van der Waals surface area contributed by atoms with Gasteiger partial charge in [-0.3, -0.25) is 4.31 Å². The summed E-state index contributed by atoms with van der Waals surface area (Å²) in [6, 6.07) is 21.4. The number of unbranched alkanes of at least 4 members (excludes halogenated alkanes) is 1. The van der Waals surface area contributed by atoms with Gasteiger partial charge in [0.05, 0.1) is 16.1 Å². The highest BCUT2D eigenvalue weighted by atomic mass is 32.2. The highest BCUT2D eigenvalue weighted by Crippen LogP contribution is 2.25. The van der Waals surface area contributed by atoms with Crippen molar-refractivity contribution >= 4 is 32.6 Å². The van der Waals surface area contributed by atoms with Crippen molar-refractivity contribution in [2.24, 2.45) is 0 Å². The first-order valence-corrected chi connectivity index (χ1v) is 13.1. The Morgan fingerprint density at radius 3 is 2.50 bits per heavy atom. The molecule has 36 heavy (non-hydrogen) atoms. The maximum Gasteiger partial charge on any atom is 0.338 e. The van der Waals surface area contributed by atoms with Gasteiger partial charge >= 0.3 is 11.6 Å². The Morgan fingerprint density at radius 2 is 1.75 bits per heavy atom. The van der Waals surface area contributed by atoms with Crippen LogP contribution in [0.15, 0.2) is 93.0 Å². The topological polar surface area (TPSA) is 93.9 Å². The van der Waals surface area contributed by atoms with Crippen LogP contribution in [0.25, 0.3) is 11.0 Å². The number of fused-ring (bicyclic) bond motifs is 1. The van der Waals surface area contributed by atoms with Crippen molar-refractivity contribution in [2.75, 3.05) is 10.8 Å². The predicted octanol–water partition coefficient (Wildman–Crippen LogP) is 5.45. The minimum absolute atomic E-state index is 0.00168. The first-order chi connectivity index (χ1) is 17.3. The Labute approximate surface area is 210 Å². The second-order valence-corrected chi connectivity index (χ2v) is 10.3. The van der Waals surface area contributed by atoms with E-state index in [1.165, 1.54) is 34.6 Å². The van der Waals surface area contributed by atoms with E-state index in [1.54, 1.807) is 36.4 Å². The third-order valence-electron chi connectivity index (χ3n) is 5.76. The zero-order valence-corrected chi connectivity index (χ0v) is 21.0. The number of para-hydroxylation sites is 1. The van der Waals surface area contributed by atoms with Crippen molar-refractivity contribution in [1.29, 1.82) is 0 Å². The number of hydrogen-bond acceptors (Lipinski definition) is 6. The Kier molecular flexibility index (Phi) is 7.55. The quantitative estimate of drug-likeness (QED) is 0.222. The Morgan fingerprint density at radius 1 is 0.972 bits per heavy atom. The van der Waals surface area contributed by atoms with Crippen molar-refractivity contribution < 1.29 is 22.4 Å². The van der Waals surface area contributed by atoms with Crippen LogP contribution in [0.3, 0.4) is 0 Å². The van der Waals surface area contributed by atoms with Gasteiger partial charge in [-0.25, -0.2) is 18.0 Å². The van der Waals surface area contributed by atoms with Crippen LogP contribution < -0.4 is 9.93 Å². The molecular weight excluding hydrogens is 478 g/mol.